The van der Waals surface area contributed by atoms with Gasteiger partial charge < -0.3 is 20.2 Å². The van der Waals surface area contributed by atoms with Crippen molar-refractivity contribution in [1.29, 1.82) is 0 Å². The van der Waals surface area contributed by atoms with Crippen LogP contribution in [-0.4, -0.2) is 110 Å². The van der Waals surface area contributed by atoms with Crippen LogP contribution in [0.5, 0.6) is 0 Å². The average Bonchev–Trinajstić information content (AvgIpc) is 2.87. The van der Waals surface area contributed by atoms with Crippen LogP contribution >= 0.6 is 11.6 Å². The van der Waals surface area contributed by atoms with Crippen molar-refractivity contribution >= 4 is 33.5 Å². The summed E-state index contributed by atoms with van der Waals surface area (Å²) in [7, 11) is -3.38. The molecule has 3 rings (SSSR count). The lowest BCUT2D eigenvalue weighted by molar-refractivity contribution is -0.192. The highest BCUT2D eigenvalue weighted by Crippen LogP contribution is 2.15. The number of halogens is 4. The number of alkyl halides is 3. The van der Waals surface area contributed by atoms with E-state index in [0.29, 0.717) is 43.3 Å². The molecular formula is C23H34ClF3N4O5S. The Labute approximate surface area is 220 Å². The van der Waals surface area contributed by atoms with Crippen molar-refractivity contribution in [3.05, 3.63) is 34.9 Å². The lowest BCUT2D eigenvalue weighted by atomic mass is 10.1. The minimum Gasteiger partial charge on any atom is -0.475 e. The monoisotopic (exact) mass is 570 g/mol. The number of hydrogen-bond donors (Lipinski definition) is 2. The number of carbonyl (C=O) groups is 2. The molecule has 37 heavy (non-hydrogen) atoms. The summed E-state index contributed by atoms with van der Waals surface area (Å²) in [5.74, 6) is -2.94. The molecule has 14 heteroatoms. The van der Waals surface area contributed by atoms with Gasteiger partial charge in [0, 0.05) is 49.9 Å². The topological polar surface area (TPSA) is 110 Å². The Kier molecular flexibility index (Phi) is 12.6. The second-order valence-corrected chi connectivity index (χ2v) is 11.3. The lowest BCUT2D eigenvalue weighted by Gasteiger charge is -2.30. The van der Waals surface area contributed by atoms with Gasteiger partial charge in [0.1, 0.15) is 0 Å². The number of carboxylic acid groups (broad SMARTS) is 1. The highest BCUT2D eigenvalue weighted by atomic mass is 35.5. The van der Waals surface area contributed by atoms with Gasteiger partial charge in [-0.25, -0.2) is 13.2 Å². The summed E-state index contributed by atoms with van der Waals surface area (Å²) in [6.45, 7) is 6.23. The molecule has 2 N–H and O–H groups in total. The maximum absolute atomic E-state index is 13.1. The second kappa shape index (κ2) is 14.9. The van der Waals surface area contributed by atoms with Crippen molar-refractivity contribution < 1.29 is 36.3 Å². The predicted molar refractivity (Wildman–Crippen MR) is 134 cm³/mol. The summed E-state index contributed by atoms with van der Waals surface area (Å²) >= 11 is 5.95. The molecular weight excluding hydrogens is 537 g/mol. The van der Waals surface area contributed by atoms with Gasteiger partial charge in [-0.3, -0.25) is 4.79 Å². The standard InChI is InChI=1S/C21H33ClN4O3S.C2HF3O2/c22-20-7-5-19(6-8-20)21(27)25(14-4-13-24-11-2-1-3-12-24)17-18-30(28,29)26-15-9-23-10-16-26;3-2(4,5)1(6)7/h5-8,23H,1-4,9-18H2;(H,6,7). The Morgan fingerprint density at radius 2 is 1.57 bits per heavy atom. The first-order valence-electron chi connectivity index (χ1n) is 12.2. The second-order valence-electron chi connectivity index (χ2n) is 8.82. The van der Waals surface area contributed by atoms with Crippen molar-refractivity contribution in [2.24, 2.45) is 0 Å². The number of rotatable bonds is 9. The zero-order chi connectivity index (χ0) is 27.5. The van der Waals surface area contributed by atoms with E-state index in [0.717, 1.165) is 26.1 Å². The van der Waals surface area contributed by atoms with E-state index >= 15 is 0 Å². The number of hydrogen-bond acceptors (Lipinski definition) is 6. The van der Waals surface area contributed by atoms with Crippen LogP contribution in [0.25, 0.3) is 0 Å². The van der Waals surface area contributed by atoms with Crippen LogP contribution in [-0.2, 0) is 14.8 Å². The predicted octanol–water partition coefficient (Wildman–Crippen LogP) is 2.53. The van der Waals surface area contributed by atoms with E-state index in [-0.39, 0.29) is 18.2 Å². The Hall–Kier alpha value is -1.93. The van der Waals surface area contributed by atoms with Gasteiger partial charge in [-0.05, 0) is 63.2 Å². The zero-order valence-corrected chi connectivity index (χ0v) is 22.1. The number of carbonyl (C=O) groups excluding carboxylic acids is 1. The number of sulfonamides is 1. The third-order valence-corrected chi connectivity index (χ3v) is 8.16. The molecule has 1 aromatic carbocycles. The fourth-order valence-electron chi connectivity index (χ4n) is 4.04. The molecule has 0 radical (unpaired) electrons. The van der Waals surface area contributed by atoms with Crippen molar-refractivity contribution in [2.75, 3.05) is 64.7 Å². The molecule has 2 heterocycles. The number of aliphatic carboxylic acids is 1. The summed E-state index contributed by atoms with van der Waals surface area (Å²) in [6.07, 6.45) is -0.485. The van der Waals surface area contributed by atoms with E-state index in [1.165, 1.54) is 23.6 Å². The summed E-state index contributed by atoms with van der Waals surface area (Å²) in [4.78, 5) is 26.1. The summed E-state index contributed by atoms with van der Waals surface area (Å²) in [6, 6.07) is 6.79. The smallest absolute Gasteiger partial charge is 0.475 e. The number of carboxylic acids is 1. The molecule has 2 saturated heterocycles. The van der Waals surface area contributed by atoms with Crippen molar-refractivity contribution in [1.82, 2.24) is 19.4 Å². The quantitative estimate of drug-likeness (QED) is 0.469. The number of amides is 1. The van der Waals surface area contributed by atoms with E-state index in [4.69, 9.17) is 21.5 Å². The summed E-state index contributed by atoms with van der Waals surface area (Å²) in [5.41, 5.74) is 0.539. The molecule has 2 fully saturated rings. The van der Waals surface area contributed by atoms with Crippen molar-refractivity contribution in [3.8, 4) is 0 Å². The van der Waals surface area contributed by atoms with Gasteiger partial charge in [0.15, 0.2) is 0 Å². The van der Waals surface area contributed by atoms with Gasteiger partial charge >= 0.3 is 12.1 Å². The first-order chi connectivity index (χ1) is 17.4. The van der Waals surface area contributed by atoms with Gasteiger partial charge in [-0.2, -0.15) is 17.5 Å². The first-order valence-corrected chi connectivity index (χ1v) is 14.1. The van der Waals surface area contributed by atoms with Crippen LogP contribution in [0.2, 0.25) is 5.02 Å². The summed E-state index contributed by atoms with van der Waals surface area (Å²) in [5, 5.41) is 10.9. The Morgan fingerprint density at radius 1 is 1.00 bits per heavy atom. The highest BCUT2D eigenvalue weighted by Gasteiger charge is 2.38. The number of piperazine rings is 1. The highest BCUT2D eigenvalue weighted by molar-refractivity contribution is 7.89. The Bertz CT molecular complexity index is 968. The number of likely N-dealkylation sites (tertiary alicyclic amines) is 1. The number of nitrogens with one attached hydrogen (secondary N) is 1. The van der Waals surface area contributed by atoms with E-state index in [2.05, 4.69) is 10.2 Å². The molecule has 0 saturated carbocycles. The number of piperidine rings is 1. The molecule has 0 spiro atoms. The fraction of sp³-hybridized carbons (Fsp3) is 0.652. The summed E-state index contributed by atoms with van der Waals surface area (Å²) < 4.78 is 58.8. The lowest BCUT2D eigenvalue weighted by Crippen LogP contribution is -2.48. The van der Waals surface area contributed by atoms with Gasteiger partial charge in [0.2, 0.25) is 10.0 Å². The number of nitrogens with zero attached hydrogens (tertiary/aromatic N) is 3. The molecule has 0 aliphatic carbocycles. The van der Waals surface area contributed by atoms with Gasteiger partial charge in [0.25, 0.3) is 5.91 Å². The zero-order valence-electron chi connectivity index (χ0n) is 20.6. The van der Waals surface area contributed by atoms with Crippen LogP contribution in [0.1, 0.15) is 36.0 Å². The molecule has 1 aromatic rings. The molecule has 0 unspecified atom stereocenters. The normalized spacial score (nSPS) is 17.5. The molecule has 0 bridgehead atoms. The molecule has 9 nitrogen and oxygen atoms in total. The largest absolute Gasteiger partial charge is 0.490 e. The Balaban J connectivity index is 0.000000604. The molecule has 2 aliphatic rings. The molecule has 0 atom stereocenters. The van der Waals surface area contributed by atoms with Gasteiger partial charge in [0.05, 0.1) is 5.75 Å². The van der Waals surface area contributed by atoms with Crippen molar-refractivity contribution in [3.63, 3.8) is 0 Å². The van der Waals surface area contributed by atoms with E-state index in [1.807, 2.05) is 0 Å². The first kappa shape index (κ1) is 31.3. The van der Waals surface area contributed by atoms with E-state index in [9.17, 15) is 26.4 Å². The maximum Gasteiger partial charge on any atom is 0.490 e. The molecule has 0 aromatic heterocycles. The van der Waals surface area contributed by atoms with Gasteiger partial charge in [-0.15, -0.1) is 0 Å². The SMILES string of the molecule is O=C(O)C(F)(F)F.O=C(c1ccc(Cl)cc1)N(CCCN1CCCCC1)CCS(=O)(=O)N1CCNCC1. The maximum atomic E-state index is 13.1. The molecule has 1 amide bonds. The molecule has 2 aliphatic heterocycles. The van der Waals surface area contributed by atoms with Crippen molar-refractivity contribution in [2.45, 2.75) is 31.9 Å². The third kappa shape index (κ3) is 11.1. The number of benzene rings is 1. The Morgan fingerprint density at radius 3 is 2.11 bits per heavy atom. The van der Waals surface area contributed by atoms with Crippen LogP contribution < -0.4 is 5.32 Å². The molecule has 210 valence electrons. The van der Waals surface area contributed by atoms with Crippen LogP contribution in [0.4, 0.5) is 13.2 Å². The third-order valence-electron chi connectivity index (χ3n) is 6.06. The average molecular weight is 571 g/mol. The van der Waals surface area contributed by atoms with Crippen LogP contribution in [0, 0.1) is 0 Å². The van der Waals surface area contributed by atoms with E-state index < -0.39 is 22.2 Å². The fourth-order valence-corrected chi connectivity index (χ4v) is 5.61. The minimum atomic E-state index is -5.08. The van der Waals surface area contributed by atoms with Gasteiger partial charge in [-0.1, -0.05) is 18.0 Å². The van der Waals surface area contributed by atoms with Crippen LogP contribution in [0.15, 0.2) is 24.3 Å². The van der Waals surface area contributed by atoms with Crippen LogP contribution in [0.3, 0.4) is 0 Å². The van der Waals surface area contributed by atoms with E-state index in [1.54, 1.807) is 29.2 Å². The minimum absolute atomic E-state index is 0.0456.